The zero-order valence-electron chi connectivity index (χ0n) is 15.4. The standard InChI is InChI=1S/C19H27N3O3/c1-5-14(4)20-17(23)12-22-16-9-7-6-8-15(16)18(24)21(19(22)25)11-10-13(2)3/h6-9,13-14H,5,10-12H2,1-4H3,(H,20,23)/t14-/m0/s1. The van der Waals surface area contributed by atoms with Gasteiger partial charge in [-0.25, -0.2) is 4.79 Å². The Balaban J connectivity index is 2.52. The zero-order valence-corrected chi connectivity index (χ0v) is 15.4. The van der Waals surface area contributed by atoms with Crippen LogP contribution in [0.1, 0.15) is 40.5 Å². The predicted octanol–water partition coefficient (Wildman–Crippen LogP) is 2.12. The number of nitrogens with one attached hydrogen (secondary N) is 1. The summed E-state index contributed by atoms with van der Waals surface area (Å²) in [4.78, 5) is 37.8. The third-order valence-corrected chi connectivity index (χ3v) is 4.38. The maximum Gasteiger partial charge on any atom is 0.331 e. The van der Waals surface area contributed by atoms with Gasteiger partial charge < -0.3 is 5.32 Å². The highest BCUT2D eigenvalue weighted by atomic mass is 16.2. The lowest BCUT2D eigenvalue weighted by Gasteiger charge is -2.16. The number of aromatic nitrogens is 2. The molecule has 0 aliphatic heterocycles. The lowest BCUT2D eigenvalue weighted by Crippen LogP contribution is -2.43. The molecule has 1 N–H and O–H groups in total. The second-order valence-electron chi connectivity index (χ2n) is 6.90. The fraction of sp³-hybridized carbons (Fsp3) is 0.526. The average molecular weight is 345 g/mol. The Labute approximate surface area is 147 Å². The quantitative estimate of drug-likeness (QED) is 0.835. The van der Waals surface area contributed by atoms with Crippen LogP contribution in [0.5, 0.6) is 0 Å². The highest BCUT2D eigenvalue weighted by Gasteiger charge is 2.16. The number of nitrogens with zero attached hydrogens (tertiary/aromatic N) is 2. The maximum atomic E-state index is 12.9. The van der Waals surface area contributed by atoms with E-state index in [2.05, 4.69) is 5.32 Å². The molecule has 0 unspecified atom stereocenters. The summed E-state index contributed by atoms with van der Waals surface area (Å²) < 4.78 is 2.65. The number of hydrogen-bond acceptors (Lipinski definition) is 3. The van der Waals surface area contributed by atoms with Gasteiger partial charge >= 0.3 is 5.69 Å². The minimum Gasteiger partial charge on any atom is -0.352 e. The molecule has 6 heteroatoms. The van der Waals surface area contributed by atoms with Gasteiger partial charge in [0.1, 0.15) is 6.54 Å². The Kier molecular flexibility index (Phi) is 6.17. The van der Waals surface area contributed by atoms with Crippen molar-refractivity contribution in [3.8, 4) is 0 Å². The van der Waals surface area contributed by atoms with Crippen LogP contribution >= 0.6 is 0 Å². The normalized spacial score (nSPS) is 12.5. The Morgan fingerprint density at radius 3 is 2.44 bits per heavy atom. The van der Waals surface area contributed by atoms with E-state index in [4.69, 9.17) is 0 Å². The van der Waals surface area contributed by atoms with Crippen molar-refractivity contribution in [3.63, 3.8) is 0 Å². The molecule has 0 saturated heterocycles. The Morgan fingerprint density at radius 2 is 1.80 bits per heavy atom. The molecule has 2 rings (SSSR count). The third kappa shape index (κ3) is 4.38. The molecule has 2 aromatic rings. The number of benzene rings is 1. The topological polar surface area (TPSA) is 73.1 Å². The van der Waals surface area contributed by atoms with Crippen LogP contribution in [-0.4, -0.2) is 21.1 Å². The van der Waals surface area contributed by atoms with Gasteiger partial charge in [0.25, 0.3) is 5.56 Å². The van der Waals surface area contributed by atoms with Crippen LogP contribution < -0.4 is 16.6 Å². The van der Waals surface area contributed by atoms with E-state index in [1.165, 1.54) is 9.13 Å². The first-order chi connectivity index (χ1) is 11.8. The van der Waals surface area contributed by atoms with Gasteiger partial charge in [-0.05, 0) is 37.8 Å². The summed E-state index contributed by atoms with van der Waals surface area (Å²) in [7, 11) is 0. The number of fused-ring (bicyclic) bond motifs is 1. The maximum absolute atomic E-state index is 12.9. The van der Waals surface area contributed by atoms with Crippen LogP contribution in [0.4, 0.5) is 0 Å². The minimum atomic E-state index is -0.427. The van der Waals surface area contributed by atoms with Gasteiger partial charge in [-0.1, -0.05) is 32.9 Å². The van der Waals surface area contributed by atoms with Crippen LogP contribution in [0.2, 0.25) is 0 Å². The molecule has 25 heavy (non-hydrogen) atoms. The fourth-order valence-electron chi connectivity index (χ4n) is 2.67. The van der Waals surface area contributed by atoms with Gasteiger partial charge in [-0.3, -0.25) is 18.7 Å². The highest BCUT2D eigenvalue weighted by molar-refractivity contribution is 5.81. The van der Waals surface area contributed by atoms with Crippen LogP contribution in [0.25, 0.3) is 10.9 Å². The first-order valence-corrected chi connectivity index (χ1v) is 8.86. The molecule has 1 aromatic heterocycles. The largest absolute Gasteiger partial charge is 0.352 e. The molecule has 0 radical (unpaired) electrons. The molecular weight excluding hydrogens is 318 g/mol. The lowest BCUT2D eigenvalue weighted by molar-refractivity contribution is -0.122. The Morgan fingerprint density at radius 1 is 1.12 bits per heavy atom. The second-order valence-corrected chi connectivity index (χ2v) is 6.90. The number of carbonyl (C=O) groups is 1. The van der Waals surface area contributed by atoms with Crippen molar-refractivity contribution in [2.24, 2.45) is 5.92 Å². The first-order valence-electron chi connectivity index (χ1n) is 8.86. The minimum absolute atomic E-state index is 0.0429. The number of carbonyl (C=O) groups excluding carboxylic acids is 1. The van der Waals surface area contributed by atoms with E-state index in [-0.39, 0.29) is 24.1 Å². The summed E-state index contributed by atoms with van der Waals surface area (Å²) >= 11 is 0. The van der Waals surface area contributed by atoms with Crippen molar-refractivity contribution >= 4 is 16.8 Å². The van der Waals surface area contributed by atoms with Crippen molar-refractivity contribution in [2.75, 3.05) is 0 Å². The number of amides is 1. The summed E-state index contributed by atoms with van der Waals surface area (Å²) in [6, 6.07) is 6.99. The van der Waals surface area contributed by atoms with E-state index in [9.17, 15) is 14.4 Å². The predicted molar refractivity (Wildman–Crippen MR) is 99.8 cm³/mol. The summed E-state index contributed by atoms with van der Waals surface area (Å²) in [5.41, 5.74) is -0.221. The van der Waals surface area contributed by atoms with Crippen LogP contribution in [0.3, 0.4) is 0 Å². The first kappa shape index (κ1) is 19.0. The highest BCUT2D eigenvalue weighted by Crippen LogP contribution is 2.08. The molecule has 1 heterocycles. The molecule has 0 aliphatic carbocycles. The monoisotopic (exact) mass is 345 g/mol. The van der Waals surface area contributed by atoms with Crippen LogP contribution in [-0.2, 0) is 17.9 Å². The zero-order chi connectivity index (χ0) is 18.6. The van der Waals surface area contributed by atoms with Gasteiger partial charge in [0.05, 0.1) is 10.9 Å². The van der Waals surface area contributed by atoms with Crippen LogP contribution in [0, 0.1) is 5.92 Å². The third-order valence-electron chi connectivity index (χ3n) is 4.38. The molecule has 0 saturated carbocycles. The van der Waals surface area contributed by atoms with Gasteiger partial charge in [-0.2, -0.15) is 0 Å². The van der Waals surface area contributed by atoms with E-state index >= 15 is 0 Å². The van der Waals surface area contributed by atoms with E-state index in [0.717, 1.165) is 12.8 Å². The van der Waals surface area contributed by atoms with E-state index in [1.54, 1.807) is 24.3 Å². The average Bonchev–Trinajstić information content (AvgIpc) is 2.58. The van der Waals surface area contributed by atoms with Crippen molar-refractivity contribution in [1.29, 1.82) is 0 Å². The Hall–Kier alpha value is -2.37. The second kappa shape index (κ2) is 8.14. The summed E-state index contributed by atoms with van der Waals surface area (Å²) in [5, 5.41) is 3.33. The molecule has 136 valence electrons. The molecule has 1 aromatic carbocycles. The number of rotatable bonds is 7. The molecule has 1 amide bonds. The van der Waals surface area contributed by atoms with Crippen molar-refractivity contribution in [2.45, 2.75) is 59.7 Å². The molecule has 6 nitrogen and oxygen atoms in total. The Bertz CT molecular complexity index is 864. The molecule has 0 aliphatic rings. The van der Waals surface area contributed by atoms with Crippen molar-refractivity contribution in [1.82, 2.24) is 14.5 Å². The molecule has 0 bridgehead atoms. The smallest absolute Gasteiger partial charge is 0.331 e. The SMILES string of the molecule is CC[C@H](C)NC(=O)Cn1c(=O)n(CCC(C)C)c(=O)c2ccccc21. The number of hydrogen-bond donors (Lipinski definition) is 1. The summed E-state index contributed by atoms with van der Waals surface area (Å²) in [5.74, 6) is 0.149. The van der Waals surface area contributed by atoms with Gasteiger partial charge in [-0.15, -0.1) is 0 Å². The van der Waals surface area contributed by atoms with E-state index in [1.807, 2.05) is 27.7 Å². The summed E-state index contributed by atoms with van der Waals surface area (Å²) in [6.45, 7) is 8.26. The molecule has 0 fully saturated rings. The summed E-state index contributed by atoms with van der Waals surface area (Å²) in [6.07, 6.45) is 1.54. The molecular formula is C19H27N3O3. The van der Waals surface area contributed by atoms with E-state index < -0.39 is 5.69 Å². The van der Waals surface area contributed by atoms with Gasteiger partial charge in [0.2, 0.25) is 5.91 Å². The van der Waals surface area contributed by atoms with Crippen molar-refractivity contribution < 1.29 is 4.79 Å². The van der Waals surface area contributed by atoms with Crippen LogP contribution in [0.15, 0.2) is 33.9 Å². The van der Waals surface area contributed by atoms with Gasteiger partial charge in [0.15, 0.2) is 0 Å². The molecule has 1 atom stereocenters. The fourth-order valence-corrected chi connectivity index (χ4v) is 2.67. The van der Waals surface area contributed by atoms with Crippen molar-refractivity contribution in [3.05, 3.63) is 45.1 Å². The molecule has 0 spiro atoms. The number of para-hydroxylation sites is 1. The van der Waals surface area contributed by atoms with E-state index in [0.29, 0.717) is 23.4 Å². The lowest BCUT2D eigenvalue weighted by atomic mass is 10.1. The van der Waals surface area contributed by atoms with Gasteiger partial charge in [0, 0.05) is 12.6 Å².